The highest BCUT2D eigenvalue weighted by Gasteiger charge is 2.58. The van der Waals surface area contributed by atoms with Gasteiger partial charge in [0.1, 0.15) is 12.2 Å². The molecule has 1 spiro atoms. The lowest BCUT2D eigenvalue weighted by atomic mass is 9.83. The molecule has 432 valence electrons. The fourth-order valence-electron chi connectivity index (χ4n) is 9.93. The van der Waals surface area contributed by atoms with Gasteiger partial charge in [-0.3, -0.25) is 4.18 Å². The molecule has 0 aromatic heterocycles. The second-order valence-electron chi connectivity index (χ2n) is 29.3. The molecular weight excluding hydrogens is 1130 g/mol. The highest BCUT2D eigenvalue weighted by molar-refractivity contribution is 14.1. The fourth-order valence-corrected chi connectivity index (χ4v) is 16.3. The van der Waals surface area contributed by atoms with E-state index in [4.69, 9.17) is 40.8 Å². The molecule has 4 aliphatic heterocycles. The summed E-state index contributed by atoms with van der Waals surface area (Å²) >= 11 is 2.21. The van der Waals surface area contributed by atoms with Crippen molar-refractivity contribution in [3.8, 4) is 0 Å². The van der Waals surface area contributed by atoms with E-state index in [2.05, 4.69) is 204 Å². The Bertz CT molecular complexity index is 2050. The summed E-state index contributed by atoms with van der Waals surface area (Å²) in [6.07, 6.45) is 10.8. The van der Waals surface area contributed by atoms with E-state index in [0.717, 1.165) is 31.9 Å². The van der Waals surface area contributed by atoms with Gasteiger partial charge in [0.05, 0.1) is 61.2 Å². The Morgan fingerprint density at radius 1 is 0.784 bits per heavy atom. The molecule has 0 aromatic rings. The van der Waals surface area contributed by atoms with Gasteiger partial charge in [-0.15, -0.1) is 0 Å². The lowest BCUT2D eigenvalue weighted by Gasteiger charge is -2.56. The Hall–Kier alpha value is 0.408. The molecule has 0 aliphatic carbocycles. The molecule has 11 nitrogen and oxygen atoms in total. The topological polar surface area (TPSA) is 117 Å². The molecule has 4 heterocycles. The third-order valence-corrected chi connectivity index (χ3v) is 37.3. The van der Waals surface area contributed by atoms with E-state index in [1.54, 1.807) is 0 Å². The summed E-state index contributed by atoms with van der Waals surface area (Å²) in [7, 11) is -13.1. The number of hydrogen-bond donors (Lipinski definition) is 0. The molecule has 3 saturated heterocycles. The SMILES string of the molecule is CC(C)=C[C@@H](O[Si](C)(C)C(C)(C)C)[C@H]1CC[C@H](C[C@@H]2CC(C)=C[C@]3(C[C@H](O[Si](C)(C)C(C)(C)C)[C@@H]4O[C@H](C[C@H](C)[C@@H](O[Si](C)(C)C(C)(C)C)[C@H](CC/C=C/I)OS(C)(=O)=O)[C@H](O[Si](C)(C)C(C)(C)C)C[C@H]4O3)O2)O1. The Morgan fingerprint density at radius 2 is 1.32 bits per heavy atom. The van der Waals surface area contributed by atoms with Crippen molar-refractivity contribution in [2.24, 2.45) is 5.92 Å². The van der Waals surface area contributed by atoms with Gasteiger partial charge in [0, 0.05) is 19.3 Å². The summed E-state index contributed by atoms with van der Waals surface area (Å²) in [5.41, 5.74) is 2.49. The molecule has 3 fully saturated rings. The summed E-state index contributed by atoms with van der Waals surface area (Å²) in [6, 6.07) is 0. The van der Waals surface area contributed by atoms with Crippen molar-refractivity contribution in [2.45, 2.75) is 314 Å². The number of fused-ring (bicyclic) bond motifs is 1. The molecule has 74 heavy (non-hydrogen) atoms. The summed E-state index contributed by atoms with van der Waals surface area (Å²) in [4.78, 5) is 0. The normalized spacial score (nSPS) is 30.0. The number of rotatable bonds is 21. The predicted molar refractivity (Wildman–Crippen MR) is 325 cm³/mol. The second kappa shape index (κ2) is 24.9. The van der Waals surface area contributed by atoms with Crippen LogP contribution in [0, 0.1) is 5.92 Å². The molecule has 0 saturated carbocycles. The van der Waals surface area contributed by atoms with Crippen LogP contribution in [0.3, 0.4) is 0 Å². The number of halogens is 1. The first-order valence-electron chi connectivity index (χ1n) is 28.2. The molecule has 0 radical (unpaired) electrons. The average molecular weight is 1240 g/mol. The van der Waals surface area contributed by atoms with Gasteiger partial charge in [-0.2, -0.15) is 8.42 Å². The lowest BCUT2D eigenvalue weighted by molar-refractivity contribution is -0.339. The van der Waals surface area contributed by atoms with Gasteiger partial charge in [0.25, 0.3) is 10.1 Å². The molecule has 0 amide bonds. The maximum absolute atomic E-state index is 13.1. The Morgan fingerprint density at radius 3 is 1.84 bits per heavy atom. The summed E-state index contributed by atoms with van der Waals surface area (Å²) in [5, 5.41) is -0.161. The summed E-state index contributed by atoms with van der Waals surface area (Å²) in [5.74, 6) is -1.19. The van der Waals surface area contributed by atoms with Crippen molar-refractivity contribution in [1.82, 2.24) is 0 Å². The van der Waals surface area contributed by atoms with Crippen molar-refractivity contribution >= 4 is 66.0 Å². The van der Waals surface area contributed by atoms with Crippen LogP contribution in [0.25, 0.3) is 0 Å². The summed E-state index contributed by atoms with van der Waals surface area (Å²) < 4.78 is 92.9. The third-order valence-electron chi connectivity index (χ3n) is 18.2. The van der Waals surface area contributed by atoms with Crippen LogP contribution in [0.4, 0.5) is 0 Å². The van der Waals surface area contributed by atoms with Crippen molar-refractivity contribution < 1.29 is 49.3 Å². The van der Waals surface area contributed by atoms with Gasteiger partial charge in [-0.1, -0.05) is 136 Å². The van der Waals surface area contributed by atoms with Gasteiger partial charge >= 0.3 is 0 Å². The average Bonchev–Trinajstić information content (AvgIpc) is 3.65. The molecule has 0 bridgehead atoms. The van der Waals surface area contributed by atoms with E-state index in [9.17, 15) is 8.42 Å². The first-order chi connectivity index (χ1) is 33.3. The third kappa shape index (κ3) is 18.0. The van der Waals surface area contributed by atoms with Crippen molar-refractivity contribution in [1.29, 1.82) is 0 Å². The predicted octanol–water partition coefficient (Wildman–Crippen LogP) is 15.9. The van der Waals surface area contributed by atoms with Crippen molar-refractivity contribution in [3.05, 3.63) is 33.5 Å². The van der Waals surface area contributed by atoms with Crippen LogP contribution >= 0.6 is 22.6 Å². The van der Waals surface area contributed by atoms with Crippen LogP contribution in [0.5, 0.6) is 0 Å². The molecule has 0 unspecified atom stereocenters. The quantitative estimate of drug-likeness (QED) is 0.0473. The van der Waals surface area contributed by atoms with Crippen LogP contribution in [-0.2, 0) is 51.0 Å². The van der Waals surface area contributed by atoms with Crippen LogP contribution in [0.1, 0.15) is 169 Å². The smallest absolute Gasteiger partial charge is 0.264 e. The van der Waals surface area contributed by atoms with E-state index in [0.29, 0.717) is 32.1 Å². The number of allylic oxidation sites excluding steroid dienone is 2. The standard InChI is InChI=1S/C57H109IO11SSi4/c1-39(2)32-47(66-71(18,19)53(5,6)7)44-30-29-42(61-44)35-43-33-40(3)37-57(63-43)38-50(68-73(22,23)55(11,12)13)52-49(64-57)36-48(67-72(20,21)54(8,9)10)46(62-52)34-41(4)51(69-74(24,25)56(14,15)16)45(28-26-27-31-58)65-70(17,59)60/h27,31-32,37,41-52H,26,28-30,33-36,38H2,1-25H3/b31-27+/t41-,42+,43-,44+,45-,46+,47+,48+,49+,50-,51+,52+,57-/m0/s1. The van der Waals surface area contributed by atoms with Crippen LogP contribution < -0.4 is 0 Å². The van der Waals surface area contributed by atoms with Crippen molar-refractivity contribution in [2.75, 3.05) is 6.26 Å². The van der Waals surface area contributed by atoms with E-state index >= 15 is 0 Å². The molecule has 4 rings (SSSR count). The zero-order chi connectivity index (χ0) is 56.6. The molecular formula is C57H109IO11SSi4. The maximum Gasteiger partial charge on any atom is 0.264 e. The second-order valence-corrected chi connectivity index (χ2v) is 50.7. The highest BCUT2D eigenvalue weighted by Crippen LogP contribution is 2.50. The molecule has 17 heteroatoms. The number of ether oxygens (including phenoxy) is 4. The van der Waals surface area contributed by atoms with E-state index in [-0.39, 0.29) is 74.9 Å². The van der Waals surface area contributed by atoms with Gasteiger partial charge in [0.15, 0.2) is 39.1 Å². The zero-order valence-electron chi connectivity index (χ0n) is 51.4. The van der Waals surface area contributed by atoms with Crippen LogP contribution in [0.2, 0.25) is 72.5 Å². The maximum atomic E-state index is 13.1. The number of hydrogen-bond acceptors (Lipinski definition) is 11. The van der Waals surface area contributed by atoms with Crippen LogP contribution in [0.15, 0.2) is 33.5 Å². The highest BCUT2D eigenvalue weighted by atomic mass is 127. The van der Waals surface area contributed by atoms with Gasteiger partial charge in [0.2, 0.25) is 0 Å². The minimum atomic E-state index is -3.82. The molecule has 0 aromatic carbocycles. The zero-order valence-corrected chi connectivity index (χ0v) is 58.4. The first kappa shape index (κ1) is 66.9. The van der Waals surface area contributed by atoms with Crippen molar-refractivity contribution in [3.63, 3.8) is 0 Å². The largest absolute Gasteiger partial charge is 0.411 e. The Kier molecular flexibility index (Phi) is 22.5. The van der Waals surface area contributed by atoms with Crippen LogP contribution in [-0.4, -0.2) is 121 Å². The monoisotopic (exact) mass is 1240 g/mol. The lowest BCUT2D eigenvalue weighted by Crippen LogP contribution is -2.66. The molecule has 4 aliphatic rings. The minimum absolute atomic E-state index is 0.00920. The van der Waals surface area contributed by atoms with Gasteiger partial charge in [-0.25, -0.2) is 0 Å². The first-order valence-corrected chi connectivity index (χ1v) is 42.9. The van der Waals surface area contributed by atoms with E-state index < -0.39 is 67.5 Å². The fraction of sp³-hybridized carbons (Fsp3) is 0.895. The molecule has 0 N–H and O–H groups in total. The van der Waals surface area contributed by atoms with Gasteiger partial charge < -0.3 is 36.7 Å². The van der Waals surface area contributed by atoms with Gasteiger partial charge in [-0.05, 0) is 148 Å². The Balaban J connectivity index is 1.76. The Labute approximate surface area is 471 Å². The molecule has 13 atom stereocenters. The van der Waals surface area contributed by atoms with E-state index in [1.807, 2.05) is 4.08 Å². The summed E-state index contributed by atoms with van der Waals surface area (Å²) in [6.45, 7) is 54.4. The minimum Gasteiger partial charge on any atom is -0.411 e. The van der Waals surface area contributed by atoms with E-state index in [1.165, 1.54) is 11.1 Å².